The monoisotopic (exact) mass is 818 g/mol. The second-order valence-electron chi connectivity index (χ2n) is 17.4. The first-order valence-corrected chi connectivity index (χ1v) is 21.5. The van der Waals surface area contributed by atoms with Crippen molar-refractivity contribution in [2.45, 2.75) is 94.9 Å². The lowest BCUT2D eigenvalue weighted by atomic mass is 9.89. The van der Waals surface area contributed by atoms with E-state index in [4.69, 9.17) is 11.6 Å². The van der Waals surface area contributed by atoms with Gasteiger partial charge in [0, 0.05) is 88.8 Å². The second-order valence-corrected chi connectivity index (χ2v) is 17.8. The first-order valence-electron chi connectivity index (χ1n) is 21.1. The average molecular weight is 819 g/mol. The van der Waals surface area contributed by atoms with Crippen molar-refractivity contribution in [1.82, 2.24) is 25.3 Å². The molecule has 1 saturated carbocycles. The van der Waals surface area contributed by atoms with E-state index in [0.717, 1.165) is 112 Å². The second kappa shape index (κ2) is 16.3. The molecule has 1 aliphatic carbocycles. The zero-order valence-corrected chi connectivity index (χ0v) is 34.2. The van der Waals surface area contributed by atoms with E-state index in [0.29, 0.717) is 39.7 Å². The molecule has 308 valence electrons. The third kappa shape index (κ3) is 7.85. The zero-order valence-electron chi connectivity index (χ0n) is 33.4. The number of carbonyl (C=O) groups is 4. The lowest BCUT2D eigenvalue weighted by Gasteiger charge is -2.48. The highest BCUT2D eigenvalue weighted by atomic mass is 35.5. The predicted octanol–water partition coefficient (Wildman–Crippen LogP) is 4.56. The van der Waals surface area contributed by atoms with Crippen molar-refractivity contribution in [2.24, 2.45) is 5.92 Å². The van der Waals surface area contributed by atoms with Gasteiger partial charge in [-0.1, -0.05) is 23.7 Å². The number of likely N-dealkylation sites (tertiary alicyclic amines) is 1. The van der Waals surface area contributed by atoms with Crippen LogP contribution in [-0.4, -0.2) is 107 Å². The fourth-order valence-electron chi connectivity index (χ4n) is 10.3. The SMILES string of the molecule is CN(c1ccc(C#N)c(Cl)c1)[C@H]1CC[C@H](NC(O)c2ccc(N3CCC(N4CC(CN5Cc6cc7c(cc6C5)C(=O)N(C5CCC(=O)NC5=O)C7=O)C4)CC3)cc2)CC1. The van der Waals surface area contributed by atoms with Crippen molar-refractivity contribution in [2.75, 3.05) is 49.6 Å². The summed E-state index contributed by atoms with van der Waals surface area (Å²) in [6.45, 7) is 6.61. The molecule has 0 bridgehead atoms. The molecule has 13 nitrogen and oxygen atoms in total. The molecule has 0 spiro atoms. The van der Waals surface area contributed by atoms with Crippen LogP contribution < -0.4 is 20.4 Å². The third-order valence-corrected chi connectivity index (χ3v) is 14.0. The van der Waals surface area contributed by atoms with Crippen molar-refractivity contribution in [3.63, 3.8) is 0 Å². The summed E-state index contributed by atoms with van der Waals surface area (Å²) < 4.78 is 0. The molecule has 14 heteroatoms. The maximum absolute atomic E-state index is 13.3. The smallest absolute Gasteiger partial charge is 0.262 e. The van der Waals surface area contributed by atoms with Gasteiger partial charge in [-0.25, -0.2) is 0 Å². The van der Waals surface area contributed by atoms with Crippen LogP contribution in [0.5, 0.6) is 0 Å². The number of anilines is 2. The largest absolute Gasteiger partial charge is 0.374 e. The molecule has 5 heterocycles. The summed E-state index contributed by atoms with van der Waals surface area (Å²) in [5, 5.41) is 26.5. The van der Waals surface area contributed by atoms with E-state index in [1.807, 2.05) is 36.4 Å². The van der Waals surface area contributed by atoms with Gasteiger partial charge in [0.05, 0.1) is 21.7 Å². The number of piperidine rings is 2. The summed E-state index contributed by atoms with van der Waals surface area (Å²) in [6.07, 6.45) is 5.73. The Morgan fingerprint density at radius 3 is 2.17 bits per heavy atom. The molecule has 2 atom stereocenters. The van der Waals surface area contributed by atoms with E-state index in [2.05, 4.69) is 55.5 Å². The summed E-state index contributed by atoms with van der Waals surface area (Å²) in [7, 11) is 2.08. The van der Waals surface area contributed by atoms with Crippen LogP contribution in [0.3, 0.4) is 0 Å². The number of aliphatic hydroxyl groups is 1. The quantitative estimate of drug-likeness (QED) is 0.195. The predicted molar refractivity (Wildman–Crippen MR) is 223 cm³/mol. The van der Waals surface area contributed by atoms with Crippen molar-refractivity contribution < 1.29 is 24.3 Å². The van der Waals surface area contributed by atoms with Crippen LogP contribution in [0.2, 0.25) is 5.02 Å². The minimum Gasteiger partial charge on any atom is -0.374 e. The van der Waals surface area contributed by atoms with E-state index in [9.17, 15) is 29.5 Å². The molecule has 6 aliphatic rings. The molecule has 3 N–H and O–H groups in total. The number of aliphatic hydroxyl groups excluding tert-OH is 1. The number of benzene rings is 3. The van der Waals surface area contributed by atoms with E-state index >= 15 is 0 Å². The summed E-state index contributed by atoms with van der Waals surface area (Å²) in [5.74, 6) is -1.29. The first kappa shape index (κ1) is 39.6. The highest BCUT2D eigenvalue weighted by Gasteiger charge is 2.46. The minimum atomic E-state index is -0.948. The molecule has 3 aromatic carbocycles. The number of nitrogens with zero attached hydrogens (tertiary/aromatic N) is 6. The lowest BCUT2D eigenvalue weighted by molar-refractivity contribution is -0.136. The van der Waals surface area contributed by atoms with Gasteiger partial charge in [0.15, 0.2) is 0 Å². The van der Waals surface area contributed by atoms with Crippen molar-refractivity contribution in [3.8, 4) is 6.07 Å². The fraction of sp³-hybridized carbons (Fsp3) is 0.489. The van der Waals surface area contributed by atoms with Crippen LogP contribution in [0.25, 0.3) is 0 Å². The van der Waals surface area contributed by atoms with Crippen molar-refractivity contribution >= 4 is 46.6 Å². The summed E-state index contributed by atoms with van der Waals surface area (Å²) in [5.41, 5.74) is 6.41. The fourth-order valence-corrected chi connectivity index (χ4v) is 10.5. The van der Waals surface area contributed by atoms with Crippen LogP contribution in [-0.2, 0) is 22.7 Å². The van der Waals surface area contributed by atoms with Gasteiger partial charge in [0.1, 0.15) is 18.3 Å². The van der Waals surface area contributed by atoms with Gasteiger partial charge in [0.25, 0.3) is 11.8 Å². The van der Waals surface area contributed by atoms with Crippen LogP contribution in [0.1, 0.15) is 101 Å². The van der Waals surface area contributed by atoms with Crippen molar-refractivity contribution in [3.05, 3.63) is 93.0 Å². The number of halogens is 1. The summed E-state index contributed by atoms with van der Waals surface area (Å²) in [6, 6.07) is 20.0. The van der Waals surface area contributed by atoms with Gasteiger partial charge in [-0.15, -0.1) is 0 Å². The Balaban J connectivity index is 0.691. The Kier molecular flexibility index (Phi) is 11.0. The molecular formula is C45H51ClN8O5. The summed E-state index contributed by atoms with van der Waals surface area (Å²) in [4.78, 5) is 61.4. The lowest BCUT2D eigenvalue weighted by Crippen LogP contribution is -2.57. The molecule has 5 aliphatic heterocycles. The van der Waals surface area contributed by atoms with E-state index in [1.165, 1.54) is 5.69 Å². The van der Waals surface area contributed by atoms with E-state index < -0.39 is 30.0 Å². The molecule has 0 radical (unpaired) electrons. The first-order chi connectivity index (χ1) is 28.5. The summed E-state index contributed by atoms with van der Waals surface area (Å²) >= 11 is 6.29. The Labute approximate surface area is 349 Å². The van der Waals surface area contributed by atoms with Gasteiger partial charge in [-0.05, 0) is 110 Å². The third-order valence-electron chi connectivity index (χ3n) is 13.7. The van der Waals surface area contributed by atoms with Crippen LogP contribution in [0.4, 0.5) is 11.4 Å². The van der Waals surface area contributed by atoms with Crippen molar-refractivity contribution in [1.29, 1.82) is 5.26 Å². The molecule has 9 rings (SSSR count). The molecule has 4 amide bonds. The minimum absolute atomic E-state index is 0.108. The highest BCUT2D eigenvalue weighted by molar-refractivity contribution is 6.32. The Morgan fingerprint density at radius 2 is 1.56 bits per heavy atom. The number of carbonyl (C=O) groups excluding carboxylic acids is 4. The van der Waals surface area contributed by atoms with Gasteiger partial charge < -0.3 is 14.9 Å². The van der Waals surface area contributed by atoms with E-state index in [1.54, 1.807) is 6.07 Å². The number of fused-ring (bicyclic) bond motifs is 2. The highest BCUT2D eigenvalue weighted by Crippen LogP contribution is 2.36. The van der Waals surface area contributed by atoms with Gasteiger partial charge >= 0.3 is 0 Å². The zero-order chi connectivity index (χ0) is 40.9. The number of rotatable bonds is 10. The topological polar surface area (TPSA) is 153 Å². The molecule has 2 unspecified atom stereocenters. The standard InChI is InChI=1S/C45H51ClN8O5/c1-50(36-9-4-29(21-47)39(46)20-36)33-10-5-32(6-11-33)48-42(56)28-2-7-34(8-3-28)52-16-14-35(15-17-52)53-23-27(24-53)22-51-25-30-18-37-38(19-31(30)26-51)45(59)54(44(37)58)40-12-13-41(55)49-43(40)57/h2-4,7-9,18-20,27,32-33,35,40,42,48,56H,5-6,10-17,22-26H2,1H3,(H,49,55,57)/t32-,33-,40?,42?. The molecule has 3 aromatic rings. The van der Waals surface area contributed by atoms with Gasteiger partial charge in [0.2, 0.25) is 11.8 Å². The molecular weight excluding hydrogens is 768 g/mol. The van der Waals surface area contributed by atoms with E-state index in [-0.39, 0.29) is 24.8 Å². The Bertz CT molecular complexity index is 2140. The number of hydrogen-bond acceptors (Lipinski definition) is 11. The normalized spacial score (nSPS) is 24.7. The Morgan fingerprint density at radius 1 is 0.898 bits per heavy atom. The molecule has 59 heavy (non-hydrogen) atoms. The maximum atomic E-state index is 13.3. The average Bonchev–Trinajstić information content (AvgIpc) is 3.74. The number of amides is 4. The number of hydrogen-bond donors (Lipinski definition) is 3. The molecule has 4 fully saturated rings. The van der Waals surface area contributed by atoms with Gasteiger partial charge in [-0.3, -0.25) is 44.5 Å². The molecule has 3 saturated heterocycles. The van der Waals surface area contributed by atoms with Gasteiger partial charge in [-0.2, -0.15) is 5.26 Å². The van der Waals surface area contributed by atoms with Crippen LogP contribution >= 0.6 is 11.6 Å². The number of nitriles is 1. The Hall–Kier alpha value is -4.84. The molecule has 0 aromatic heterocycles. The number of nitrogens with one attached hydrogen (secondary N) is 2. The van der Waals surface area contributed by atoms with Crippen LogP contribution in [0.15, 0.2) is 54.6 Å². The van der Waals surface area contributed by atoms with Crippen LogP contribution in [0, 0.1) is 17.2 Å². The number of imide groups is 2. The maximum Gasteiger partial charge on any atom is 0.262 e.